The third-order valence-electron chi connectivity index (χ3n) is 4.26. The Labute approximate surface area is 109 Å². The molecule has 1 saturated carbocycles. The summed E-state index contributed by atoms with van der Waals surface area (Å²) in [7, 11) is 5.42. The van der Waals surface area contributed by atoms with Gasteiger partial charge in [-0.15, -0.1) is 0 Å². The SMILES string of the molecule is CNC1CCC(c2ccc(OC)c(OC)c2)C1C. The molecule has 3 atom stereocenters. The molecule has 2 rings (SSSR count). The van der Waals surface area contributed by atoms with Crippen molar-refractivity contribution in [1.82, 2.24) is 5.32 Å². The van der Waals surface area contributed by atoms with E-state index in [4.69, 9.17) is 9.47 Å². The van der Waals surface area contributed by atoms with Crippen LogP contribution in [-0.2, 0) is 0 Å². The molecule has 1 aromatic rings. The Kier molecular flexibility index (Phi) is 4.12. The van der Waals surface area contributed by atoms with E-state index in [1.165, 1.54) is 18.4 Å². The van der Waals surface area contributed by atoms with Crippen molar-refractivity contribution in [2.24, 2.45) is 5.92 Å². The number of hydrogen-bond acceptors (Lipinski definition) is 3. The lowest BCUT2D eigenvalue weighted by molar-refractivity contribution is 0.353. The van der Waals surface area contributed by atoms with Crippen LogP contribution in [0, 0.1) is 5.92 Å². The summed E-state index contributed by atoms with van der Waals surface area (Å²) in [6.45, 7) is 2.33. The maximum absolute atomic E-state index is 5.38. The van der Waals surface area contributed by atoms with Crippen LogP contribution in [0.15, 0.2) is 18.2 Å². The van der Waals surface area contributed by atoms with Crippen LogP contribution in [0.4, 0.5) is 0 Å². The first-order valence-electron chi connectivity index (χ1n) is 6.60. The van der Waals surface area contributed by atoms with Gasteiger partial charge in [0, 0.05) is 6.04 Å². The summed E-state index contributed by atoms with van der Waals surface area (Å²) in [5.41, 5.74) is 1.36. The molecule has 0 bridgehead atoms. The van der Waals surface area contributed by atoms with E-state index in [0.29, 0.717) is 17.9 Å². The molecule has 1 aliphatic rings. The van der Waals surface area contributed by atoms with E-state index < -0.39 is 0 Å². The molecular weight excluding hydrogens is 226 g/mol. The average Bonchev–Trinajstić information content (AvgIpc) is 2.79. The lowest BCUT2D eigenvalue weighted by Crippen LogP contribution is -2.28. The van der Waals surface area contributed by atoms with Crippen molar-refractivity contribution in [3.8, 4) is 11.5 Å². The van der Waals surface area contributed by atoms with E-state index in [1.54, 1.807) is 14.2 Å². The van der Waals surface area contributed by atoms with Gasteiger partial charge in [0.25, 0.3) is 0 Å². The van der Waals surface area contributed by atoms with E-state index in [2.05, 4.69) is 31.4 Å². The number of hydrogen-bond donors (Lipinski definition) is 1. The second kappa shape index (κ2) is 5.61. The van der Waals surface area contributed by atoms with Crippen LogP contribution in [0.2, 0.25) is 0 Å². The molecule has 0 amide bonds. The molecule has 0 radical (unpaired) electrons. The molecule has 0 saturated heterocycles. The molecule has 0 heterocycles. The topological polar surface area (TPSA) is 30.5 Å². The average molecular weight is 249 g/mol. The quantitative estimate of drug-likeness (QED) is 0.890. The molecule has 0 spiro atoms. The maximum Gasteiger partial charge on any atom is 0.160 e. The highest BCUT2D eigenvalue weighted by Crippen LogP contribution is 2.41. The molecule has 1 aromatic carbocycles. The van der Waals surface area contributed by atoms with Gasteiger partial charge in [0.1, 0.15) is 0 Å². The van der Waals surface area contributed by atoms with Gasteiger partial charge in [-0.1, -0.05) is 13.0 Å². The summed E-state index contributed by atoms with van der Waals surface area (Å²) in [4.78, 5) is 0. The van der Waals surface area contributed by atoms with Crippen LogP contribution >= 0.6 is 0 Å². The minimum Gasteiger partial charge on any atom is -0.493 e. The van der Waals surface area contributed by atoms with E-state index in [1.807, 2.05) is 6.07 Å². The van der Waals surface area contributed by atoms with Crippen molar-refractivity contribution in [3.05, 3.63) is 23.8 Å². The summed E-state index contributed by atoms with van der Waals surface area (Å²) in [6, 6.07) is 6.93. The minimum absolute atomic E-state index is 0.613. The van der Waals surface area contributed by atoms with Crippen molar-refractivity contribution in [3.63, 3.8) is 0 Å². The highest BCUT2D eigenvalue weighted by atomic mass is 16.5. The third-order valence-corrected chi connectivity index (χ3v) is 4.26. The summed E-state index contributed by atoms with van der Waals surface area (Å²) < 4.78 is 10.7. The number of rotatable bonds is 4. The first-order chi connectivity index (χ1) is 8.71. The molecule has 1 aliphatic carbocycles. The van der Waals surface area contributed by atoms with E-state index in [-0.39, 0.29) is 0 Å². The van der Waals surface area contributed by atoms with Gasteiger partial charge in [0.15, 0.2) is 11.5 Å². The van der Waals surface area contributed by atoms with Crippen molar-refractivity contribution in [2.45, 2.75) is 31.7 Å². The summed E-state index contributed by atoms with van der Waals surface area (Å²) >= 11 is 0. The molecule has 100 valence electrons. The molecule has 18 heavy (non-hydrogen) atoms. The monoisotopic (exact) mass is 249 g/mol. The van der Waals surface area contributed by atoms with Gasteiger partial charge in [-0.25, -0.2) is 0 Å². The number of methoxy groups -OCH3 is 2. The molecule has 0 aromatic heterocycles. The first-order valence-corrected chi connectivity index (χ1v) is 6.60. The van der Waals surface area contributed by atoms with Crippen LogP contribution in [0.3, 0.4) is 0 Å². The van der Waals surface area contributed by atoms with Crippen molar-refractivity contribution in [2.75, 3.05) is 21.3 Å². The molecule has 1 N–H and O–H groups in total. The molecule has 3 nitrogen and oxygen atoms in total. The minimum atomic E-state index is 0.613. The Morgan fingerprint density at radius 2 is 1.83 bits per heavy atom. The Morgan fingerprint density at radius 3 is 2.39 bits per heavy atom. The fourth-order valence-corrected chi connectivity index (χ4v) is 3.13. The predicted molar refractivity (Wildman–Crippen MR) is 73.5 cm³/mol. The first kappa shape index (κ1) is 13.2. The van der Waals surface area contributed by atoms with Gasteiger partial charge in [-0.3, -0.25) is 0 Å². The summed E-state index contributed by atoms with van der Waals surface area (Å²) in [5, 5.41) is 3.41. The van der Waals surface area contributed by atoms with E-state index in [9.17, 15) is 0 Å². The van der Waals surface area contributed by atoms with Gasteiger partial charge in [-0.2, -0.15) is 0 Å². The van der Waals surface area contributed by atoms with Gasteiger partial charge in [-0.05, 0) is 49.4 Å². The molecule has 0 aliphatic heterocycles. The van der Waals surface area contributed by atoms with Crippen LogP contribution in [0.5, 0.6) is 11.5 Å². The fraction of sp³-hybridized carbons (Fsp3) is 0.600. The van der Waals surface area contributed by atoms with E-state index >= 15 is 0 Å². The van der Waals surface area contributed by atoms with Crippen LogP contribution in [0.25, 0.3) is 0 Å². The van der Waals surface area contributed by atoms with E-state index in [0.717, 1.165) is 11.5 Å². The number of ether oxygens (including phenoxy) is 2. The van der Waals surface area contributed by atoms with Crippen molar-refractivity contribution < 1.29 is 9.47 Å². The zero-order valence-corrected chi connectivity index (χ0v) is 11.7. The lowest BCUT2D eigenvalue weighted by Gasteiger charge is -2.21. The van der Waals surface area contributed by atoms with Gasteiger partial charge in [0.2, 0.25) is 0 Å². The second-order valence-electron chi connectivity index (χ2n) is 5.05. The smallest absolute Gasteiger partial charge is 0.160 e. The normalized spacial score (nSPS) is 27.2. The summed E-state index contributed by atoms with van der Waals surface area (Å²) in [5.74, 6) is 2.91. The van der Waals surface area contributed by atoms with Crippen LogP contribution < -0.4 is 14.8 Å². The number of nitrogens with one attached hydrogen (secondary N) is 1. The Balaban J connectivity index is 2.24. The van der Waals surface area contributed by atoms with Crippen molar-refractivity contribution in [1.29, 1.82) is 0 Å². The predicted octanol–water partition coefficient (Wildman–Crippen LogP) is 2.81. The van der Waals surface area contributed by atoms with Crippen molar-refractivity contribution >= 4 is 0 Å². The van der Waals surface area contributed by atoms with Crippen LogP contribution in [-0.4, -0.2) is 27.3 Å². The summed E-state index contributed by atoms with van der Waals surface area (Å²) in [6.07, 6.45) is 2.48. The Bertz CT molecular complexity index is 405. The van der Waals surface area contributed by atoms with Gasteiger partial charge < -0.3 is 14.8 Å². The Morgan fingerprint density at radius 1 is 1.11 bits per heavy atom. The van der Waals surface area contributed by atoms with Gasteiger partial charge >= 0.3 is 0 Å². The zero-order valence-electron chi connectivity index (χ0n) is 11.7. The highest BCUT2D eigenvalue weighted by molar-refractivity contribution is 5.44. The Hall–Kier alpha value is -1.22. The molecular formula is C15H23NO2. The lowest BCUT2D eigenvalue weighted by atomic mass is 9.88. The molecule has 1 fully saturated rings. The molecule has 3 heteroatoms. The standard InChI is InChI=1S/C15H23NO2/c1-10-12(6-7-13(10)16-2)11-5-8-14(17-3)15(9-11)18-4/h5,8-10,12-13,16H,6-7H2,1-4H3. The highest BCUT2D eigenvalue weighted by Gasteiger charge is 2.32. The number of benzene rings is 1. The zero-order chi connectivity index (χ0) is 13.1. The second-order valence-corrected chi connectivity index (χ2v) is 5.05. The van der Waals surface area contributed by atoms with Gasteiger partial charge in [0.05, 0.1) is 14.2 Å². The maximum atomic E-state index is 5.38. The third kappa shape index (κ3) is 2.32. The molecule has 3 unspecified atom stereocenters. The largest absolute Gasteiger partial charge is 0.493 e. The fourth-order valence-electron chi connectivity index (χ4n) is 3.13. The van der Waals surface area contributed by atoms with Crippen LogP contribution in [0.1, 0.15) is 31.2 Å².